The molecule has 19 heavy (non-hydrogen) atoms. The molecule has 1 aromatic carbocycles. The van der Waals surface area contributed by atoms with Crippen LogP contribution in [0, 0.1) is 18.2 Å². The first kappa shape index (κ1) is 13.2. The Labute approximate surface area is 112 Å². The fourth-order valence-corrected chi connectivity index (χ4v) is 1.79. The van der Waals surface area contributed by atoms with Gasteiger partial charge >= 0.3 is 0 Å². The molecule has 0 aliphatic heterocycles. The average Bonchev–Trinajstić information content (AvgIpc) is 2.32. The third-order valence-electron chi connectivity index (χ3n) is 2.51. The second-order valence-corrected chi connectivity index (χ2v) is 4.33. The molecule has 0 atom stereocenters. The minimum absolute atomic E-state index is 0.0539. The van der Waals surface area contributed by atoms with Crippen LogP contribution in [0.1, 0.15) is 11.4 Å². The van der Waals surface area contributed by atoms with Crippen molar-refractivity contribution in [2.75, 3.05) is 0 Å². The Bertz CT molecular complexity index is 726. The number of nitrogens with zero attached hydrogens (tertiary/aromatic N) is 2. The monoisotopic (exact) mass is 280 g/mol. The smallest absolute Gasteiger partial charge is 0.211 e. The van der Waals surface area contributed by atoms with Gasteiger partial charge in [-0.15, -0.1) is 0 Å². The van der Waals surface area contributed by atoms with Gasteiger partial charge in [0.25, 0.3) is 0 Å². The highest BCUT2D eigenvalue weighted by Gasteiger charge is 2.11. The maximum atomic E-state index is 13.1. The molecule has 5 nitrogen and oxygen atoms in total. The van der Waals surface area contributed by atoms with Gasteiger partial charge in [-0.05, 0) is 25.1 Å². The molecule has 1 heterocycles. The van der Waals surface area contributed by atoms with E-state index < -0.39 is 17.1 Å². The fraction of sp³-hybridized carbons (Fsp3) is 0.0833. The van der Waals surface area contributed by atoms with E-state index in [0.717, 1.165) is 0 Å². The number of hydrogen-bond acceptors (Lipinski definition) is 3. The van der Waals surface area contributed by atoms with Crippen LogP contribution in [0.5, 0.6) is 0 Å². The number of nitrogen functional groups attached to an aromatic ring is 1. The number of aromatic nitrogens is 2. The first-order chi connectivity index (χ1) is 8.90. The molecule has 0 spiro atoms. The van der Waals surface area contributed by atoms with E-state index in [1.54, 1.807) is 6.92 Å². The molecule has 3 N–H and O–H groups in total. The van der Waals surface area contributed by atoms with Gasteiger partial charge in [0.05, 0.1) is 10.7 Å². The Kier molecular flexibility index (Phi) is 3.35. The number of aryl methyl sites for hydroxylation is 1. The summed E-state index contributed by atoms with van der Waals surface area (Å²) in [5.41, 5.74) is 5.69. The summed E-state index contributed by atoms with van der Waals surface area (Å²) in [4.78, 5) is 11.6. The molecule has 0 aliphatic rings. The number of nitrogens with one attached hydrogen (secondary N) is 1. The van der Waals surface area contributed by atoms with Gasteiger partial charge in [-0.2, -0.15) is 5.10 Å². The lowest BCUT2D eigenvalue weighted by Crippen LogP contribution is -2.27. The van der Waals surface area contributed by atoms with E-state index in [4.69, 9.17) is 22.7 Å². The summed E-state index contributed by atoms with van der Waals surface area (Å²) in [5.74, 6) is -0.970. The lowest BCUT2D eigenvalue weighted by molar-refractivity contribution is 0.627. The summed E-state index contributed by atoms with van der Waals surface area (Å²) < 4.78 is 14.5. The summed E-state index contributed by atoms with van der Waals surface area (Å²) in [6.45, 7) is 1.66. The van der Waals surface area contributed by atoms with Gasteiger partial charge in [-0.25, -0.2) is 9.07 Å². The van der Waals surface area contributed by atoms with Crippen molar-refractivity contribution >= 4 is 17.4 Å². The molecule has 0 saturated heterocycles. The molecule has 0 bridgehead atoms. The lowest BCUT2D eigenvalue weighted by atomic mass is 10.2. The lowest BCUT2D eigenvalue weighted by Gasteiger charge is -2.11. The molecule has 0 amide bonds. The van der Waals surface area contributed by atoms with E-state index in [-0.39, 0.29) is 10.7 Å². The Morgan fingerprint density at radius 3 is 2.74 bits per heavy atom. The van der Waals surface area contributed by atoms with E-state index in [1.807, 2.05) is 0 Å². The number of halogens is 2. The van der Waals surface area contributed by atoms with Gasteiger partial charge in [-0.3, -0.25) is 10.2 Å². The number of nitrogens with two attached hydrogens (primary N) is 1. The van der Waals surface area contributed by atoms with Crippen LogP contribution < -0.4 is 11.2 Å². The van der Waals surface area contributed by atoms with Gasteiger partial charge in [-0.1, -0.05) is 11.6 Å². The molecule has 2 aromatic rings. The molecule has 2 rings (SSSR count). The van der Waals surface area contributed by atoms with Crippen LogP contribution in [0.4, 0.5) is 4.39 Å². The second-order valence-electron chi connectivity index (χ2n) is 3.92. The van der Waals surface area contributed by atoms with Crippen LogP contribution >= 0.6 is 11.6 Å². The summed E-state index contributed by atoms with van der Waals surface area (Å²) in [7, 11) is 0. The van der Waals surface area contributed by atoms with E-state index >= 15 is 0 Å². The summed E-state index contributed by atoms with van der Waals surface area (Å²) in [5, 5.41) is 11.2. The minimum atomic E-state index is -0.545. The highest BCUT2D eigenvalue weighted by Crippen LogP contribution is 2.18. The predicted octanol–water partition coefficient (Wildman–Crippen LogP) is 1.62. The molecular formula is C12H10ClFN4O. The zero-order valence-electron chi connectivity index (χ0n) is 9.95. The van der Waals surface area contributed by atoms with E-state index in [1.165, 1.54) is 28.9 Å². The van der Waals surface area contributed by atoms with Crippen molar-refractivity contribution in [3.8, 4) is 5.69 Å². The van der Waals surface area contributed by atoms with Crippen molar-refractivity contribution in [3.05, 3.63) is 56.7 Å². The van der Waals surface area contributed by atoms with Crippen molar-refractivity contribution in [3.63, 3.8) is 0 Å². The second kappa shape index (κ2) is 4.81. The number of hydrogen-bond donors (Lipinski definition) is 2. The first-order valence-corrected chi connectivity index (χ1v) is 5.68. The van der Waals surface area contributed by atoms with Crippen molar-refractivity contribution in [1.82, 2.24) is 9.78 Å². The maximum absolute atomic E-state index is 13.1. The van der Waals surface area contributed by atoms with Gasteiger partial charge in [0.15, 0.2) is 5.69 Å². The highest BCUT2D eigenvalue weighted by molar-refractivity contribution is 6.30. The Morgan fingerprint density at radius 1 is 1.47 bits per heavy atom. The Balaban J connectivity index is 2.68. The highest BCUT2D eigenvalue weighted by atomic mass is 35.5. The van der Waals surface area contributed by atoms with E-state index in [9.17, 15) is 9.18 Å². The van der Waals surface area contributed by atoms with Gasteiger partial charge in [0, 0.05) is 11.8 Å². The third kappa shape index (κ3) is 2.48. The van der Waals surface area contributed by atoms with Crippen molar-refractivity contribution in [2.45, 2.75) is 6.92 Å². The Morgan fingerprint density at radius 2 is 2.16 bits per heavy atom. The predicted molar refractivity (Wildman–Crippen MR) is 70.6 cm³/mol. The molecule has 0 aliphatic carbocycles. The summed E-state index contributed by atoms with van der Waals surface area (Å²) in [6, 6.07) is 5.35. The van der Waals surface area contributed by atoms with E-state index in [0.29, 0.717) is 11.4 Å². The largest absolute Gasteiger partial charge is 0.382 e. The third-order valence-corrected chi connectivity index (χ3v) is 2.80. The minimum Gasteiger partial charge on any atom is -0.382 e. The SMILES string of the molecule is Cc1cc(=O)c(C(=N)N)nn1-c1ccc(F)c(Cl)c1. The summed E-state index contributed by atoms with van der Waals surface area (Å²) >= 11 is 5.70. The normalized spacial score (nSPS) is 10.5. The molecule has 7 heteroatoms. The molecule has 0 unspecified atom stereocenters. The van der Waals surface area contributed by atoms with Gasteiger partial charge < -0.3 is 5.73 Å². The zero-order valence-corrected chi connectivity index (χ0v) is 10.7. The van der Waals surface area contributed by atoms with Crippen LogP contribution in [-0.4, -0.2) is 15.6 Å². The van der Waals surface area contributed by atoms with Gasteiger partial charge in [0.2, 0.25) is 5.43 Å². The molecule has 0 saturated carbocycles. The van der Waals surface area contributed by atoms with Crippen LogP contribution in [0.2, 0.25) is 5.02 Å². The number of benzene rings is 1. The maximum Gasteiger partial charge on any atom is 0.211 e. The zero-order chi connectivity index (χ0) is 14.2. The molecule has 1 aromatic heterocycles. The number of rotatable bonds is 2. The molecular weight excluding hydrogens is 271 g/mol. The van der Waals surface area contributed by atoms with Crippen LogP contribution in [0.25, 0.3) is 5.69 Å². The quantitative estimate of drug-likeness (QED) is 0.647. The van der Waals surface area contributed by atoms with Gasteiger partial charge in [0.1, 0.15) is 11.7 Å². The number of amidine groups is 1. The van der Waals surface area contributed by atoms with Crippen LogP contribution in [0.15, 0.2) is 29.1 Å². The molecule has 98 valence electrons. The fourth-order valence-electron chi connectivity index (χ4n) is 1.61. The summed E-state index contributed by atoms with van der Waals surface area (Å²) in [6.07, 6.45) is 0. The van der Waals surface area contributed by atoms with Crippen molar-refractivity contribution in [1.29, 1.82) is 5.41 Å². The Hall–Kier alpha value is -2.21. The van der Waals surface area contributed by atoms with E-state index in [2.05, 4.69) is 5.10 Å². The van der Waals surface area contributed by atoms with Crippen LogP contribution in [-0.2, 0) is 0 Å². The standard InChI is InChI=1S/C12H10ClFN4O/c1-6-4-10(19)11(12(15)16)17-18(6)7-2-3-9(14)8(13)5-7/h2-5H,1H3,(H3,15,16). The first-order valence-electron chi connectivity index (χ1n) is 5.31. The topological polar surface area (TPSA) is 84.8 Å². The van der Waals surface area contributed by atoms with Crippen molar-refractivity contribution in [2.24, 2.45) is 5.73 Å². The van der Waals surface area contributed by atoms with Crippen molar-refractivity contribution < 1.29 is 4.39 Å². The molecule has 0 radical (unpaired) electrons. The average molecular weight is 281 g/mol. The molecule has 0 fully saturated rings. The van der Waals surface area contributed by atoms with Crippen LogP contribution in [0.3, 0.4) is 0 Å².